The predicted molar refractivity (Wildman–Crippen MR) is 152 cm³/mol. The Hall–Kier alpha value is -4.02. The molecule has 4 aromatic heterocycles. The van der Waals surface area contributed by atoms with Crippen LogP contribution in [0.15, 0.2) is 43.0 Å². The number of halogens is 2. The molecule has 4 aromatic rings. The maximum Gasteiger partial charge on any atom is 0.333 e. The van der Waals surface area contributed by atoms with Crippen LogP contribution in [0.5, 0.6) is 0 Å². The Morgan fingerprint density at radius 1 is 1.12 bits per heavy atom. The summed E-state index contributed by atoms with van der Waals surface area (Å²) in [7, 11) is -0.984. The molecule has 0 saturated heterocycles. The van der Waals surface area contributed by atoms with Crippen molar-refractivity contribution in [3.05, 3.63) is 48.7 Å². The molecule has 3 N–H and O–H groups in total. The number of hydrogen-bond acceptors (Lipinski definition) is 10. The number of hydrogen-bond donors (Lipinski definition) is 3. The summed E-state index contributed by atoms with van der Waals surface area (Å²) in [4.78, 5) is 13.3. The molecule has 0 amide bonds. The number of nitrogens with one attached hydrogen (secondary N) is 2. The van der Waals surface area contributed by atoms with Crippen molar-refractivity contribution in [1.82, 2.24) is 38.2 Å². The highest BCUT2D eigenvalue weighted by molar-refractivity contribution is 7.87. The van der Waals surface area contributed by atoms with Crippen LogP contribution >= 0.6 is 0 Å². The minimum Gasteiger partial charge on any atom is -0.390 e. The first-order chi connectivity index (χ1) is 19.8. The van der Waals surface area contributed by atoms with Crippen molar-refractivity contribution in [3.8, 4) is 22.6 Å². The Bertz CT molecular complexity index is 1680. The highest BCUT2D eigenvalue weighted by Gasteiger charge is 2.29. The number of nitrogens with zero attached hydrogens (tertiary/aromatic N) is 8. The fraction of sp³-hybridized carbons (Fsp3) is 0.423. The van der Waals surface area contributed by atoms with E-state index in [1.807, 2.05) is 6.92 Å². The van der Waals surface area contributed by atoms with Crippen molar-refractivity contribution in [3.63, 3.8) is 0 Å². The number of aryl methyl sites for hydroxylation is 1. The van der Waals surface area contributed by atoms with Crippen LogP contribution in [0.4, 0.5) is 26.1 Å². The molecule has 0 spiro atoms. The van der Waals surface area contributed by atoms with Gasteiger partial charge < -0.3 is 15.7 Å². The molecule has 1 saturated carbocycles. The van der Waals surface area contributed by atoms with Crippen molar-refractivity contribution in [2.24, 2.45) is 0 Å². The van der Waals surface area contributed by atoms with Gasteiger partial charge in [-0.2, -0.15) is 35.8 Å². The lowest BCUT2D eigenvalue weighted by Gasteiger charge is -2.34. The van der Waals surface area contributed by atoms with Gasteiger partial charge in [-0.25, -0.2) is 19.6 Å². The van der Waals surface area contributed by atoms with Gasteiger partial charge in [-0.05, 0) is 51.7 Å². The van der Waals surface area contributed by atoms with Crippen LogP contribution in [0.1, 0.15) is 44.9 Å². The molecule has 1 aliphatic carbocycles. The van der Waals surface area contributed by atoms with E-state index in [9.17, 15) is 22.3 Å². The number of rotatable bonds is 9. The van der Waals surface area contributed by atoms with E-state index in [0.29, 0.717) is 57.4 Å². The third-order valence-electron chi connectivity index (χ3n) is 7.14. The molecule has 0 aliphatic heterocycles. The summed E-state index contributed by atoms with van der Waals surface area (Å²) in [6, 6.07) is 4.94. The standard InChI is InChI=1S/C26H32F2N10O3S/c1-16-19(15-38(34-16)42(40,41)36(3)4)24-29-11-7-22(33-24)32-23-13-21(31-17-5-9-26(2,39)10-6-17)18(14-30-23)20-8-12-37(35-20)25(27)28/h7-8,11-15,17,25,39H,5-6,9-10H2,1-4H3,(H2,29,30,31,32,33). The van der Waals surface area contributed by atoms with Gasteiger partial charge in [-0.15, -0.1) is 0 Å². The maximum atomic E-state index is 13.2. The van der Waals surface area contributed by atoms with Gasteiger partial charge in [0.1, 0.15) is 11.6 Å². The largest absolute Gasteiger partial charge is 0.390 e. The molecular formula is C26H32F2N10O3S. The van der Waals surface area contributed by atoms with Crippen molar-refractivity contribution < 1.29 is 22.3 Å². The Morgan fingerprint density at radius 3 is 2.52 bits per heavy atom. The summed E-state index contributed by atoms with van der Waals surface area (Å²) < 4.78 is 54.0. The zero-order valence-electron chi connectivity index (χ0n) is 23.5. The van der Waals surface area contributed by atoms with E-state index in [1.54, 1.807) is 25.3 Å². The third-order valence-corrected chi connectivity index (χ3v) is 8.72. The average Bonchev–Trinajstić information content (AvgIpc) is 3.58. The van der Waals surface area contributed by atoms with E-state index in [1.165, 1.54) is 38.8 Å². The number of aliphatic hydroxyl groups is 1. The molecule has 42 heavy (non-hydrogen) atoms. The van der Waals surface area contributed by atoms with Gasteiger partial charge in [0, 0.05) is 56.0 Å². The first-order valence-corrected chi connectivity index (χ1v) is 14.6. The lowest BCUT2D eigenvalue weighted by Crippen LogP contribution is -2.35. The summed E-state index contributed by atoms with van der Waals surface area (Å²) in [5.41, 5.74) is 1.69. The van der Waals surface area contributed by atoms with Gasteiger partial charge in [0.05, 0.1) is 28.7 Å². The number of anilines is 3. The van der Waals surface area contributed by atoms with E-state index in [-0.39, 0.29) is 11.9 Å². The Balaban J connectivity index is 1.44. The van der Waals surface area contributed by atoms with Gasteiger partial charge >= 0.3 is 16.8 Å². The van der Waals surface area contributed by atoms with Crippen LogP contribution in [0.25, 0.3) is 22.6 Å². The highest BCUT2D eigenvalue weighted by Crippen LogP contribution is 2.34. The number of alkyl halides is 2. The van der Waals surface area contributed by atoms with E-state index >= 15 is 0 Å². The van der Waals surface area contributed by atoms with Gasteiger partial charge in [0.15, 0.2) is 5.82 Å². The lowest BCUT2D eigenvalue weighted by molar-refractivity contribution is 0.0196. The summed E-state index contributed by atoms with van der Waals surface area (Å²) in [5.74, 6) is 1.08. The number of aromatic nitrogens is 7. The highest BCUT2D eigenvalue weighted by atomic mass is 32.2. The van der Waals surface area contributed by atoms with Crippen LogP contribution in [0, 0.1) is 6.92 Å². The molecule has 13 nitrogen and oxygen atoms in total. The second-order valence-corrected chi connectivity index (χ2v) is 12.7. The maximum absolute atomic E-state index is 13.2. The molecule has 5 rings (SSSR count). The van der Waals surface area contributed by atoms with Gasteiger partial charge in [-0.1, -0.05) is 0 Å². The van der Waals surface area contributed by atoms with Crippen molar-refractivity contribution in [2.45, 2.75) is 57.7 Å². The van der Waals surface area contributed by atoms with Crippen LogP contribution in [-0.2, 0) is 10.2 Å². The Morgan fingerprint density at radius 2 is 1.86 bits per heavy atom. The van der Waals surface area contributed by atoms with E-state index < -0.39 is 22.4 Å². The lowest BCUT2D eigenvalue weighted by atomic mass is 9.83. The fourth-order valence-electron chi connectivity index (χ4n) is 4.67. The fourth-order valence-corrected chi connectivity index (χ4v) is 5.47. The first kappa shape index (κ1) is 29.5. The molecule has 0 bridgehead atoms. The third kappa shape index (κ3) is 6.24. The van der Waals surface area contributed by atoms with Crippen molar-refractivity contribution in [1.29, 1.82) is 0 Å². The van der Waals surface area contributed by atoms with E-state index in [0.717, 1.165) is 21.2 Å². The molecular weight excluding hydrogens is 570 g/mol. The van der Waals surface area contributed by atoms with Gasteiger partial charge in [0.2, 0.25) is 0 Å². The first-order valence-electron chi connectivity index (χ1n) is 13.2. The van der Waals surface area contributed by atoms with Crippen LogP contribution in [0.2, 0.25) is 0 Å². The predicted octanol–water partition coefficient (Wildman–Crippen LogP) is 3.81. The van der Waals surface area contributed by atoms with Crippen molar-refractivity contribution >= 4 is 27.5 Å². The summed E-state index contributed by atoms with van der Waals surface area (Å²) in [6.45, 7) is 0.720. The van der Waals surface area contributed by atoms with Gasteiger partial charge in [-0.3, -0.25) is 0 Å². The molecule has 1 aliphatic rings. The Labute approximate surface area is 241 Å². The SMILES string of the molecule is Cc1nn(S(=O)(=O)N(C)C)cc1-c1nccc(Nc2cc(NC3CCC(C)(O)CC3)c(-c3ccn(C(F)F)n3)cn2)n1. The molecule has 0 atom stereocenters. The van der Waals surface area contributed by atoms with E-state index in [2.05, 4.69) is 35.8 Å². The summed E-state index contributed by atoms with van der Waals surface area (Å²) in [6.07, 6.45) is 8.37. The second-order valence-electron chi connectivity index (χ2n) is 10.7. The monoisotopic (exact) mass is 602 g/mol. The van der Waals surface area contributed by atoms with Crippen LogP contribution in [-0.4, -0.2) is 77.5 Å². The molecule has 0 radical (unpaired) electrons. The normalized spacial score (nSPS) is 19.4. The zero-order valence-corrected chi connectivity index (χ0v) is 24.3. The second kappa shape index (κ2) is 11.3. The molecule has 0 unspecified atom stereocenters. The Kier molecular flexibility index (Phi) is 7.96. The zero-order chi connectivity index (χ0) is 30.2. The molecule has 1 fully saturated rings. The number of pyridine rings is 1. The summed E-state index contributed by atoms with van der Waals surface area (Å²) >= 11 is 0. The van der Waals surface area contributed by atoms with E-state index in [4.69, 9.17) is 0 Å². The molecule has 0 aromatic carbocycles. The topological polar surface area (TPSA) is 156 Å². The van der Waals surface area contributed by atoms with Crippen LogP contribution < -0.4 is 10.6 Å². The quantitative estimate of drug-likeness (QED) is 0.258. The molecule has 4 heterocycles. The van der Waals surface area contributed by atoms with Crippen molar-refractivity contribution in [2.75, 3.05) is 24.7 Å². The summed E-state index contributed by atoms with van der Waals surface area (Å²) in [5, 5.41) is 25.1. The smallest absolute Gasteiger partial charge is 0.333 e. The minimum absolute atomic E-state index is 0.0556. The molecule has 224 valence electrons. The minimum atomic E-state index is -3.81. The van der Waals surface area contributed by atoms with Crippen LogP contribution in [0.3, 0.4) is 0 Å². The average molecular weight is 603 g/mol. The van der Waals surface area contributed by atoms with Gasteiger partial charge in [0.25, 0.3) is 0 Å². The molecule has 16 heteroatoms.